The van der Waals surface area contributed by atoms with Gasteiger partial charge in [-0.05, 0) is 24.3 Å². The molecular formula is C18H15FN6O4. The van der Waals surface area contributed by atoms with E-state index in [9.17, 15) is 19.3 Å². The predicted octanol–water partition coefficient (Wildman–Crippen LogP) is 3.59. The molecule has 0 amide bonds. The quantitative estimate of drug-likeness (QED) is 0.296. The number of anilines is 5. The zero-order chi connectivity index (χ0) is 20.8. The van der Waals surface area contributed by atoms with E-state index >= 15 is 0 Å². The van der Waals surface area contributed by atoms with Crippen molar-refractivity contribution in [3.63, 3.8) is 0 Å². The molecule has 0 aliphatic rings. The van der Waals surface area contributed by atoms with Crippen molar-refractivity contribution in [2.45, 2.75) is 0 Å². The van der Waals surface area contributed by atoms with Crippen molar-refractivity contribution in [1.82, 2.24) is 9.97 Å². The SMILES string of the molecule is CNc1cc(Nc2ncc(F)c(Nc3cccc([N+](=O)[O-])c3)n2)ccc1OC=O. The summed E-state index contributed by atoms with van der Waals surface area (Å²) in [6.45, 7) is 0.318. The molecule has 3 N–H and O–H groups in total. The lowest BCUT2D eigenvalue weighted by Crippen LogP contribution is -2.04. The summed E-state index contributed by atoms with van der Waals surface area (Å²) in [5, 5.41) is 19.4. The Morgan fingerprint density at radius 1 is 1.17 bits per heavy atom. The fraction of sp³-hybridized carbons (Fsp3) is 0.0556. The molecule has 1 aromatic heterocycles. The largest absolute Gasteiger partial charge is 0.427 e. The average molecular weight is 398 g/mol. The van der Waals surface area contributed by atoms with Gasteiger partial charge in [-0.2, -0.15) is 4.98 Å². The van der Waals surface area contributed by atoms with Gasteiger partial charge in [-0.1, -0.05) is 6.07 Å². The number of carbonyl (C=O) groups excluding carboxylic acids is 1. The number of ether oxygens (including phenoxy) is 1. The van der Waals surface area contributed by atoms with Crippen LogP contribution in [0.2, 0.25) is 0 Å². The van der Waals surface area contributed by atoms with Gasteiger partial charge in [0.1, 0.15) is 0 Å². The van der Waals surface area contributed by atoms with E-state index in [4.69, 9.17) is 4.74 Å². The van der Waals surface area contributed by atoms with Crippen LogP contribution in [0.25, 0.3) is 0 Å². The smallest absolute Gasteiger partial charge is 0.298 e. The summed E-state index contributed by atoms with van der Waals surface area (Å²) in [6.07, 6.45) is 0.970. The lowest BCUT2D eigenvalue weighted by Gasteiger charge is -2.12. The van der Waals surface area contributed by atoms with E-state index in [1.165, 1.54) is 18.2 Å². The van der Waals surface area contributed by atoms with E-state index in [0.717, 1.165) is 6.20 Å². The summed E-state index contributed by atoms with van der Waals surface area (Å²) >= 11 is 0. The fourth-order valence-electron chi connectivity index (χ4n) is 2.44. The van der Waals surface area contributed by atoms with Crippen molar-refractivity contribution in [3.05, 3.63) is 64.6 Å². The number of hydrogen-bond acceptors (Lipinski definition) is 9. The lowest BCUT2D eigenvalue weighted by molar-refractivity contribution is -0.384. The normalized spacial score (nSPS) is 10.1. The molecule has 0 fully saturated rings. The van der Waals surface area contributed by atoms with Gasteiger partial charge in [0.2, 0.25) is 5.95 Å². The second-order valence-corrected chi connectivity index (χ2v) is 5.62. The molecule has 1 heterocycles. The number of carbonyl (C=O) groups is 1. The number of halogens is 1. The number of hydrogen-bond donors (Lipinski definition) is 3. The molecule has 148 valence electrons. The topological polar surface area (TPSA) is 131 Å². The Morgan fingerprint density at radius 3 is 2.69 bits per heavy atom. The number of rotatable bonds is 8. The third-order valence-electron chi connectivity index (χ3n) is 3.74. The van der Waals surface area contributed by atoms with E-state index in [1.807, 2.05) is 0 Å². The van der Waals surface area contributed by atoms with E-state index in [-0.39, 0.29) is 17.5 Å². The summed E-state index contributed by atoms with van der Waals surface area (Å²) in [5.41, 5.74) is 1.26. The number of benzene rings is 2. The third-order valence-corrected chi connectivity index (χ3v) is 3.74. The molecule has 0 aliphatic carbocycles. The minimum atomic E-state index is -0.729. The molecule has 10 nitrogen and oxygen atoms in total. The van der Waals surface area contributed by atoms with Gasteiger partial charge in [0, 0.05) is 30.6 Å². The summed E-state index contributed by atoms with van der Waals surface area (Å²) in [7, 11) is 1.66. The maximum Gasteiger partial charge on any atom is 0.298 e. The Hall–Kier alpha value is -4.28. The standard InChI is InChI=1S/C18H15FN6O4/c1-20-15-8-12(5-6-16(15)29-10-26)23-18-21-9-14(19)17(24-18)22-11-3-2-4-13(7-11)25(27)28/h2-10,20H,1H3,(H2,21,22,23,24). The number of nitro groups is 1. The molecule has 0 saturated carbocycles. The van der Waals surface area contributed by atoms with Crippen LogP contribution < -0.4 is 20.7 Å². The van der Waals surface area contributed by atoms with Crippen LogP contribution in [-0.2, 0) is 4.79 Å². The van der Waals surface area contributed by atoms with Crippen LogP contribution in [0.15, 0.2) is 48.7 Å². The summed E-state index contributed by atoms with van der Waals surface area (Å²) in [4.78, 5) is 28.8. The minimum absolute atomic E-state index is 0.0884. The van der Waals surface area contributed by atoms with Gasteiger partial charge in [-0.15, -0.1) is 0 Å². The van der Waals surface area contributed by atoms with Gasteiger partial charge in [0.25, 0.3) is 12.2 Å². The van der Waals surface area contributed by atoms with Crippen molar-refractivity contribution in [2.75, 3.05) is 23.0 Å². The molecule has 11 heteroatoms. The Morgan fingerprint density at radius 2 is 1.97 bits per heavy atom. The van der Waals surface area contributed by atoms with Crippen molar-refractivity contribution < 1.29 is 18.8 Å². The average Bonchev–Trinajstić information content (AvgIpc) is 2.72. The highest BCUT2D eigenvalue weighted by Crippen LogP contribution is 2.29. The van der Waals surface area contributed by atoms with Crippen molar-refractivity contribution in [1.29, 1.82) is 0 Å². The van der Waals surface area contributed by atoms with Crippen LogP contribution >= 0.6 is 0 Å². The highest BCUT2D eigenvalue weighted by Gasteiger charge is 2.11. The summed E-state index contributed by atoms with van der Waals surface area (Å²) < 4.78 is 19.0. The van der Waals surface area contributed by atoms with Gasteiger partial charge in [0.15, 0.2) is 17.4 Å². The molecular weight excluding hydrogens is 383 g/mol. The Balaban J connectivity index is 1.83. The highest BCUT2D eigenvalue weighted by molar-refractivity contribution is 5.69. The molecule has 3 aromatic rings. The van der Waals surface area contributed by atoms with E-state index in [2.05, 4.69) is 25.9 Å². The number of aromatic nitrogens is 2. The van der Waals surface area contributed by atoms with E-state index in [0.29, 0.717) is 29.3 Å². The number of non-ortho nitro benzene ring substituents is 1. The fourth-order valence-corrected chi connectivity index (χ4v) is 2.44. The monoisotopic (exact) mass is 398 g/mol. The molecule has 2 aromatic carbocycles. The van der Waals surface area contributed by atoms with Gasteiger partial charge in [-0.25, -0.2) is 9.37 Å². The number of nitrogens with one attached hydrogen (secondary N) is 3. The van der Waals surface area contributed by atoms with E-state index in [1.54, 1.807) is 31.3 Å². The second kappa shape index (κ2) is 8.61. The molecule has 0 radical (unpaired) electrons. The van der Waals surface area contributed by atoms with Crippen molar-refractivity contribution in [2.24, 2.45) is 0 Å². The van der Waals surface area contributed by atoms with Gasteiger partial charge >= 0.3 is 0 Å². The zero-order valence-electron chi connectivity index (χ0n) is 15.0. The third kappa shape index (κ3) is 4.71. The van der Waals surface area contributed by atoms with Gasteiger partial charge in [-0.3, -0.25) is 14.9 Å². The van der Waals surface area contributed by atoms with Crippen LogP contribution in [0.5, 0.6) is 5.75 Å². The van der Waals surface area contributed by atoms with Gasteiger partial charge < -0.3 is 20.7 Å². The number of nitrogens with zero attached hydrogens (tertiary/aromatic N) is 3. The molecule has 0 aliphatic heterocycles. The molecule has 29 heavy (non-hydrogen) atoms. The first-order valence-corrected chi connectivity index (χ1v) is 8.23. The molecule has 0 bridgehead atoms. The zero-order valence-corrected chi connectivity index (χ0v) is 15.0. The second-order valence-electron chi connectivity index (χ2n) is 5.62. The predicted molar refractivity (Wildman–Crippen MR) is 104 cm³/mol. The van der Waals surface area contributed by atoms with Crippen molar-refractivity contribution >= 4 is 41.0 Å². The Bertz CT molecular complexity index is 1060. The van der Waals surface area contributed by atoms with Crippen molar-refractivity contribution in [3.8, 4) is 5.75 Å². The number of nitro benzene ring substituents is 1. The Labute approximate surface area is 163 Å². The van der Waals surface area contributed by atoms with Crippen LogP contribution in [0, 0.1) is 15.9 Å². The first kappa shape index (κ1) is 19.5. The summed E-state index contributed by atoms with van der Waals surface area (Å²) in [5.74, 6) is -0.461. The molecule has 0 spiro atoms. The maximum atomic E-state index is 14.1. The molecule has 0 unspecified atom stereocenters. The van der Waals surface area contributed by atoms with Crippen LogP contribution in [0.4, 0.5) is 38.9 Å². The molecule has 0 saturated heterocycles. The van der Waals surface area contributed by atoms with E-state index < -0.39 is 10.7 Å². The van der Waals surface area contributed by atoms with Crippen LogP contribution in [0.3, 0.4) is 0 Å². The van der Waals surface area contributed by atoms with Crippen LogP contribution in [0.1, 0.15) is 0 Å². The maximum absolute atomic E-state index is 14.1. The minimum Gasteiger partial charge on any atom is -0.427 e. The first-order valence-electron chi connectivity index (χ1n) is 8.23. The van der Waals surface area contributed by atoms with Gasteiger partial charge in [0.05, 0.1) is 16.8 Å². The summed E-state index contributed by atoms with van der Waals surface area (Å²) in [6, 6.07) is 10.5. The molecule has 0 atom stereocenters. The Kier molecular flexibility index (Phi) is 5.78. The molecule has 3 rings (SSSR count). The lowest BCUT2D eigenvalue weighted by atomic mass is 10.2. The highest BCUT2D eigenvalue weighted by atomic mass is 19.1. The van der Waals surface area contributed by atoms with Crippen LogP contribution in [-0.4, -0.2) is 28.4 Å². The first-order chi connectivity index (χ1) is 14.0.